The van der Waals surface area contributed by atoms with E-state index in [1.165, 1.54) is 11.8 Å². The van der Waals surface area contributed by atoms with E-state index in [1.54, 1.807) is 24.3 Å². The molecule has 0 bridgehead atoms. The van der Waals surface area contributed by atoms with Crippen molar-refractivity contribution in [2.24, 2.45) is 0 Å². The number of para-hydroxylation sites is 2. The molecule has 1 unspecified atom stereocenters. The molecule has 0 amide bonds. The third-order valence-electron chi connectivity index (χ3n) is 4.13. The molecule has 0 spiro atoms. The second-order valence-corrected chi connectivity index (χ2v) is 9.40. The first-order valence-corrected chi connectivity index (χ1v) is 11.2. The third-order valence-corrected chi connectivity index (χ3v) is 5.79. The number of aromatic nitrogens is 4. The molecule has 2 heterocycles. The lowest BCUT2D eigenvalue weighted by Crippen LogP contribution is -2.14. The van der Waals surface area contributed by atoms with E-state index >= 15 is 0 Å². The highest BCUT2D eigenvalue weighted by Crippen LogP contribution is 2.28. The minimum atomic E-state index is -3.35. The first kappa shape index (κ1) is 18.5. The molecule has 2 aromatic carbocycles. The molecule has 1 atom stereocenters. The Morgan fingerprint density at radius 3 is 2.61 bits per heavy atom. The average molecular weight is 416 g/mol. The van der Waals surface area contributed by atoms with Crippen LogP contribution in [0.4, 0.5) is 5.69 Å². The van der Waals surface area contributed by atoms with Crippen LogP contribution in [0.15, 0.2) is 53.7 Å². The van der Waals surface area contributed by atoms with Crippen molar-refractivity contribution in [2.45, 2.75) is 17.3 Å². The van der Waals surface area contributed by atoms with Gasteiger partial charge in [-0.1, -0.05) is 23.9 Å². The number of benzene rings is 2. The van der Waals surface area contributed by atoms with Gasteiger partial charge >= 0.3 is 0 Å². The van der Waals surface area contributed by atoms with Crippen molar-refractivity contribution >= 4 is 50.1 Å². The number of H-pyrrole nitrogens is 1. The number of Topliss-reactive ketones (excluding diaryl/α,β-unsaturated/α-hetero) is 1. The van der Waals surface area contributed by atoms with Gasteiger partial charge in [-0.2, -0.15) is 0 Å². The molecule has 4 aromatic rings. The highest BCUT2D eigenvalue weighted by atomic mass is 32.2. The summed E-state index contributed by atoms with van der Waals surface area (Å²) in [6, 6.07) is 14.1. The van der Waals surface area contributed by atoms with Crippen LogP contribution in [0.3, 0.4) is 0 Å². The summed E-state index contributed by atoms with van der Waals surface area (Å²) in [5.74, 6) is 0.552. The normalized spacial score (nSPS) is 13.1. The number of hydrogen-bond acceptors (Lipinski definition) is 6. The predicted octanol–water partition coefficient (Wildman–Crippen LogP) is 2.95. The lowest BCUT2D eigenvalue weighted by Gasteiger charge is -2.10. The van der Waals surface area contributed by atoms with Gasteiger partial charge in [0.2, 0.25) is 15.8 Å². The SMILES string of the molecule is CC(Sc1n[nH]c2nc3ccccc3n12)C(=O)c1ccc(NS(C)(=O)=O)cc1. The molecule has 0 fully saturated rings. The maximum atomic E-state index is 12.8. The summed E-state index contributed by atoms with van der Waals surface area (Å²) >= 11 is 1.34. The third kappa shape index (κ3) is 3.60. The molecule has 4 rings (SSSR count). The number of carbonyl (C=O) groups excluding carboxylic acids is 1. The van der Waals surface area contributed by atoms with Crippen molar-refractivity contribution in [3.63, 3.8) is 0 Å². The second kappa shape index (κ2) is 6.95. The molecule has 0 saturated heterocycles. The Labute approximate surface area is 165 Å². The largest absolute Gasteiger partial charge is 0.293 e. The maximum absolute atomic E-state index is 12.8. The Kier molecular flexibility index (Phi) is 4.60. The monoisotopic (exact) mass is 415 g/mol. The number of aromatic amines is 1. The number of nitrogens with one attached hydrogen (secondary N) is 2. The van der Waals surface area contributed by atoms with Crippen LogP contribution in [0.25, 0.3) is 16.8 Å². The number of ketones is 1. The second-order valence-electron chi connectivity index (χ2n) is 6.34. The number of hydrogen-bond donors (Lipinski definition) is 2. The van der Waals surface area contributed by atoms with Gasteiger partial charge in [0.05, 0.1) is 22.5 Å². The van der Waals surface area contributed by atoms with Crippen molar-refractivity contribution in [1.82, 2.24) is 19.6 Å². The van der Waals surface area contributed by atoms with Gasteiger partial charge in [0.15, 0.2) is 10.9 Å². The standard InChI is InChI=1S/C18H17N5O3S2/c1-11(16(24)12-7-9-13(10-8-12)22-28(2,25)26)27-18-21-20-17-19-14-5-3-4-6-15(14)23(17)18/h3-11,22H,1-2H3,(H,19,20). The fourth-order valence-corrected chi connectivity index (χ4v) is 4.40. The van der Waals surface area contributed by atoms with Crippen LogP contribution in [0.1, 0.15) is 17.3 Å². The van der Waals surface area contributed by atoms with Gasteiger partial charge in [0.1, 0.15) is 0 Å². The summed E-state index contributed by atoms with van der Waals surface area (Å²) in [7, 11) is -3.35. The zero-order valence-corrected chi connectivity index (χ0v) is 16.7. The summed E-state index contributed by atoms with van der Waals surface area (Å²) in [5, 5.41) is 7.45. The maximum Gasteiger partial charge on any atom is 0.231 e. The van der Waals surface area contributed by atoms with Crippen LogP contribution in [-0.4, -0.2) is 45.3 Å². The Balaban J connectivity index is 1.56. The van der Waals surface area contributed by atoms with E-state index in [0.29, 0.717) is 22.2 Å². The summed E-state index contributed by atoms with van der Waals surface area (Å²) in [4.78, 5) is 17.3. The first-order chi connectivity index (χ1) is 13.3. The highest BCUT2D eigenvalue weighted by molar-refractivity contribution is 8.00. The zero-order valence-electron chi connectivity index (χ0n) is 15.1. The number of carbonyl (C=O) groups is 1. The van der Waals surface area contributed by atoms with Gasteiger partial charge in [-0.15, -0.1) is 5.10 Å². The molecule has 144 valence electrons. The number of thioether (sulfide) groups is 1. The van der Waals surface area contributed by atoms with Gasteiger partial charge in [0.25, 0.3) is 0 Å². The van der Waals surface area contributed by atoms with Crippen LogP contribution in [0.5, 0.6) is 0 Å². The fraction of sp³-hybridized carbons (Fsp3) is 0.167. The van der Waals surface area contributed by atoms with Gasteiger partial charge in [-0.3, -0.25) is 13.9 Å². The lowest BCUT2D eigenvalue weighted by molar-refractivity contribution is 0.0994. The van der Waals surface area contributed by atoms with Gasteiger partial charge < -0.3 is 0 Å². The van der Waals surface area contributed by atoms with Gasteiger partial charge in [-0.25, -0.2) is 18.5 Å². The van der Waals surface area contributed by atoms with Crippen LogP contribution < -0.4 is 4.72 Å². The fourth-order valence-electron chi connectivity index (χ4n) is 2.88. The smallest absolute Gasteiger partial charge is 0.231 e. The quantitative estimate of drug-likeness (QED) is 0.370. The van der Waals surface area contributed by atoms with E-state index < -0.39 is 10.0 Å². The van der Waals surface area contributed by atoms with E-state index in [9.17, 15) is 13.2 Å². The molecular formula is C18H17N5O3S2. The van der Waals surface area contributed by atoms with E-state index in [1.807, 2.05) is 35.6 Å². The summed E-state index contributed by atoms with van der Waals surface area (Å²) < 4.78 is 26.8. The van der Waals surface area contributed by atoms with Crippen molar-refractivity contribution in [2.75, 3.05) is 11.0 Å². The van der Waals surface area contributed by atoms with Crippen molar-refractivity contribution in [3.8, 4) is 0 Å². The Morgan fingerprint density at radius 1 is 1.18 bits per heavy atom. The Bertz CT molecular complexity index is 1280. The molecule has 0 saturated carbocycles. The summed E-state index contributed by atoms with van der Waals surface area (Å²) in [6.45, 7) is 1.81. The Morgan fingerprint density at radius 2 is 1.89 bits per heavy atom. The van der Waals surface area contributed by atoms with Crippen molar-refractivity contribution < 1.29 is 13.2 Å². The molecule has 2 aromatic heterocycles. The lowest BCUT2D eigenvalue weighted by atomic mass is 10.1. The first-order valence-electron chi connectivity index (χ1n) is 8.42. The zero-order chi connectivity index (χ0) is 19.9. The van der Waals surface area contributed by atoms with Crippen LogP contribution >= 0.6 is 11.8 Å². The molecule has 2 N–H and O–H groups in total. The minimum Gasteiger partial charge on any atom is -0.293 e. The summed E-state index contributed by atoms with van der Waals surface area (Å²) in [6.07, 6.45) is 1.08. The Hall–Kier alpha value is -2.85. The van der Waals surface area contributed by atoms with Crippen LogP contribution in [0.2, 0.25) is 0 Å². The molecule has 0 aliphatic heterocycles. The number of anilines is 1. The topological polar surface area (TPSA) is 109 Å². The van der Waals surface area contributed by atoms with E-state index in [-0.39, 0.29) is 11.0 Å². The number of fused-ring (bicyclic) bond motifs is 3. The van der Waals surface area contributed by atoms with Gasteiger partial charge in [0, 0.05) is 11.3 Å². The number of sulfonamides is 1. The van der Waals surface area contributed by atoms with E-state index in [2.05, 4.69) is 19.9 Å². The number of imidazole rings is 1. The average Bonchev–Trinajstić information content (AvgIpc) is 3.20. The highest BCUT2D eigenvalue weighted by Gasteiger charge is 2.21. The molecule has 8 nitrogen and oxygen atoms in total. The van der Waals surface area contributed by atoms with E-state index in [0.717, 1.165) is 17.3 Å². The molecular weight excluding hydrogens is 398 g/mol. The van der Waals surface area contributed by atoms with Crippen molar-refractivity contribution in [3.05, 3.63) is 54.1 Å². The predicted molar refractivity (Wildman–Crippen MR) is 109 cm³/mol. The van der Waals surface area contributed by atoms with E-state index in [4.69, 9.17) is 0 Å². The molecule has 28 heavy (non-hydrogen) atoms. The number of nitrogens with zero attached hydrogens (tertiary/aromatic N) is 3. The number of rotatable bonds is 6. The molecule has 0 aliphatic carbocycles. The molecule has 0 radical (unpaired) electrons. The van der Waals surface area contributed by atoms with Crippen molar-refractivity contribution in [1.29, 1.82) is 0 Å². The minimum absolute atomic E-state index is 0.0727. The van der Waals surface area contributed by atoms with Gasteiger partial charge in [-0.05, 0) is 43.3 Å². The summed E-state index contributed by atoms with van der Waals surface area (Å²) in [5.41, 5.74) is 2.69. The molecule has 10 heteroatoms. The van der Waals surface area contributed by atoms with Crippen LogP contribution in [-0.2, 0) is 10.0 Å². The van der Waals surface area contributed by atoms with Crippen LogP contribution in [0, 0.1) is 0 Å². The molecule has 0 aliphatic rings.